The molecule has 1 aromatic rings. The Hall–Kier alpha value is -1.51. The number of hydrogen-bond acceptors (Lipinski definition) is 2. The number of carbonyl (C=O) groups is 1. The van der Waals surface area contributed by atoms with Crippen LogP contribution in [-0.4, -0.2) is 16.2 Å². The quantitative estimate of drug-likeness (QED) is 0.735. The lowest BCUT2D eigenvalue weighted by molar-refractivity contribution is -0.137. The van der Waals surface area contributed by atoms with E-state index in [1.165, 1.54) is 5.56 Å². The fraction of sp³-hybridized carbons (Fsp3) is 0.562. The highest BCUT2D eigenvalue weighted by Crippen LogP contribution is 2.35. The minimum atomic E-state index is -0.742. The topological polar surface area (TPSA) is 57.5 Å². The summed E-state index contributed by atoms with van der Waals surface area (Å²) in [6.45, 7) is 6.29. The summed E-state index contributed by atoms with van der Waals surface area (Å²) < 4.78 is 0. The van der Waals surface area contributed by atoms with Gasteiger partial charge in [0.15, 0.2) is 0 Å². The minimum Gasteiger partial charge on any atom is -0.508 e. The molecule has 0 spiro atoms. The second-order valence-corrected chi connectivity index (χ2v) is 5.69. The molecule has 0 saturated heterocycles. The smallest absolute Gasteiger partial charge is 0.303 e. The molecule has 19 heavy (non-hydrogen) atoms. The number of aliphatic carboxylic acids is 1. The van der Waals surface area contributed by atoms with Crippen molar-refractivity contribution in [2.45, 2.75) is 58.3 Å². The highest BCUT2D eigenvalue weighted by Gasteiger charge is 2.23. The van der Waals surface area contributed by atoms with Crippen molar-refractivity contribution >= 4 is 5.97 Å². The molecule has 3 heteroatoms. The molecule has 0 radical (unpaired) electrons. The number of unbranched alkanes of at least 4 members (excludes halogenated alkanes) is 1. The summed E-state index contributed by atoms with van der Waals surface area (Å²) in [7, 11) is 0. The van der Waals surface area contributed by atoms with Gasteiger partial charge in [-0.05, 0) is 41.9 Å². The van der Waals surface area contributed by atoms with Crippen molar-refractivity contribution in [2.75, 3.05) is 0 Å². The third-order valence-electron chi connectivity index (χ3n) is 3.64. The number of rotatable bonds is 7. The first-order valence-corrected chi connectivity index (χ1v) is 6.91. The highest BCUT2D eigenvalue weighted by molar-refractivity contribution is 5.66. The summed E-state index contributed by atoms with van der Waals surface area (Å²) in [5.41, 5.74) is 2.04. The molecule has 0 aliphatic heterocycles. The second-order valence-electron chi connectivity index (χ2n) is 5.69. The number of benzene rings is 1. The van der Waals surface area contributed by atoms with Crippen LogP contribution in [0.5, 0.6) is 5.75 Å². The van der Waals surface area contributed by atoms with Crippen LogP contribution in [0, 0.1) is 0 Å². The highest BCUT2D eigenvalue weighted by atomic mass is 16.4. The zero-order valence-electron chi connectivity index (χ0n) is 12.1. The van der Waals surface area contributed by atoms with Gasteiger partial charge < -0.3 is 10.2 Å². The number of carboxylic acids is 1. The van der Waals surface area contributed by atoms with Crippen molar-refractivity contribution in [2.24, 2.45) is 0 Å². The van der Waals surface area contributed by atoms with E-state index < -0.39 is 5.97 Å². The summed E-state index contributed by atoms with van der Waals surface area (Å²) in [6, 6.07) is 5.76. The molecule has 0 aliphatic rings. The van der Waals surface area contributed by atoms with E-state index in [0.29, 0.717) is 12.2 Å². The Kier molecular flexibility index (Phi) is 5.40. The molecular weight excluding hydrogens is 240 g/mol. The fourth-order valence-corrected chi connectivity index (χ4v) is 2.32. The summed E-state index contributed by atoms with van der Waals surface area (Å²) in [5.74, 6) is -0.408. The fourth-order valence-electron chi connectivity index (χ4n) is 2.32. The van der Waals surface area contributed by atoms with E-state index in [1.54, 1.807) is 6.07 Å². The normalized spacial score (nSPS) is 11.5. The first-order chi connectivity index (χ1) is 8.86. The van der Waals surface area contributed by atoms with E-state index in [4.69, 9.17) is 5.11 Å². The van der Waals surface area contributed by atoms with Crippen LogP contribution in [0.3, 0.4) is 0 Å². The largest absolute Gasteiger partial charge is 0.508 e. The van der Waals surface area contributed by atoms with Gasteiger partial charge in [0.25, 0.3) is 0 Å². The lowest BCUT2D eigenvalue weighted by Gasteiger charge is -2.26. The van der Waals surface area contributed by atoms with Gasteiger partial charge in [-0.25, -0.2) is 0 Å². The zero-order valence-corrected chi connectivity index (χ0v) is 12.1. The average Bonchev–Trinajstić information content (AvgIpc) is 2.35. The van der Waals surface area contributed by atoms with Crippen molar-refractivity contribution in [1.82, 2.24) is 0 Å². The second kappa shape index (κ2) is 6.60. The Morgan fingerprint density at radius 1 is 1.26 bits per heavy atom. The van der Waals surface area contributed by atoms with Gasteiger partial charge in [-0.1, -0.05) is 39.3 Å². The Morgan fingerprint density at radius 3 is 2.53 bits per heavy atom. The Labute approximate surface area is 115 Å². The maximum atomic E-state index is 10.5. The predicted molar refractivity (Wildman–Crippen MR) is 76.6 cm³/mol. The molecule has 0 atom stereocenters. The summed E-state index contributed by atoms with van der Waals surface area (Å²) in [5, 5.41) is 18.6. The van der Waals surface area contributed by atoms with Gasteiger partial charge in [-0.3, -0.25) is 4.79 Å². The Balaban J connectivity index is 2.72. The molecule has 0 unspecified atom stereocenters. The molecular formula is C16H24O3. The van der Waals surface area contributed by atoms with Crippen LogP contribution in [0.2, 0.25) is 0 Å². The maximum absolute atomic E-state index is 10.5. The number of aryl methyl sites for hydroxylation is 1. The van der Waals surface area contributed by atoms with Gasteiger partial charge in [0, 0.05) is 6.42 Å². The summed E-state index contributed by atoms with van der Waals surface area (Å²) in [4.78, 5) is 10.5. The van der Waals surface area contributed by atoms with E-state index >= 15 is 0 Å². The molecule has 0 bridgehead atoms. The molecule has 0 amide bonds. The van der Waals surface area contributed by atoms with Crippen molar-refractivity contribution in [3.63, 3.8) is 0 Å². The van der Waals surface area contributed by atoms with Crippen LogP contribution in [0.4, 0.5) is 0 Å². The molecule has 2 N–H and O–H groups in total. The van der Waals surface area contributed by atoms with Gasteiger partial charge >= 0.3 is 5.97 Å². The third kappa shape index (κ3) is 4.58. The maximum Gasteiger partial charge on any atom is 0.303 e. The molecule has 0 aliphatic carbocycles. The number of phenols is 1. The van der Waals surface area contributed by atoms with Gasteiger partial charge in [0.05, 0.1) is 0 Å². The van der Waals surface area contributed by atoms with E-state index in [0.717, 1.165) is 24.8 Å². The van der Waals surface area contributed by atoms with Crippen LogP contribution in [0.25, 0.3) is 0 Å². The summed E-state index contributed by atoms with van der Waals surface area (Å²) >= 11 is 0. The van der Waals surface area contributed by atoms with Gasteiger partial charge in [-0.15, -0.1) is 0 Å². The first-order valence-electron chi connectivity index (χ1n) is 6.91. The molecule has 0 saturated carbocycles. The van der Waals surface area contributed by atoms with Crippen LogP contribution in [0.1, 0.15) is 57.6 Å². The molecule has 0 aromatic heterocycles. The van der Waals surface area contributed by atoms with E-state index in [-0.39, 0.29) is 11.8 Å². The Bertz CT molecular complexity index is 436. The van der Waals surface area contributed by atoms with Gasteiger partial charge in [0.2, 0.25) is 0 Å². The summed E-state index contributed by atoms with van der Waals surface area (Å²) in [6.07, 6.45) is 3.59. The van der Waals surface area contributed by atoms with Crippen molar-refractivity contribution in [3.8, 4) is 5.75 Å². The average molecular weight is 264 g/mol. The molecule has 3 nitrogen and oxygen atoms in total. The van der Waals surface area contributed by atoms with Crippen LogP contribution in [-0.2, 0) is 16.6 Å². The van der Waals surface area contributed by atoms with Crippen molar-refractivity contribution < 1.29 is 15.0 Å². The zero-order chi connectivity index (χ0) is 14.5. The lowest BCUT2D eigenvalue weighted by atomic mass is 9.79. The van der Waals surface area contributed by atoms with Crippen molar-refractivity contribution in [3.05, 3.63) is 29.3 Å². The first kappa shape index (κ1) is 15.5. The Morgan fingerprint density at radius 2 is 1.95 bits per heavy atom. The SMILES string of the molecule is CCc1ccc(O)c(C(C)(C)CCCCC(=O)O)c1. The van der Waals surface area contributed by atoms with Crippen LogP contribution < -0.4 is 0 Å². The minimum absolute atomic E-state index is 0.131. The number of hydrogen-bond donors (Lipinski definition) is 2. The van der Waals surface area contributed by atoms with Crippen LogP contribution >= 0.6 is 0 Å². The molecule has 1 rings (SSSR count). The third-order valence-corrected chi connectivity index (χ3v) is 3.64. The number of carboxylic acid groups (broad SMARTS) is 1. The molecule has 1 aromatic carbocycles. The monoisotopic (exact) mass is 264 g/mol. The van der Waals surface area contributed by atoms with E-state index in [2.05, 4.69) is 26.8 Å². The molecule has 0 fully saturated rings. The van der Waals surface area contributed by atoms with Crippen LogP contribution in [0.15, 0.2) is 18.2 Å². The molecule has 0 heterocycles. The standard InChI is InChI=1S/C16H24O3/c1-4-12-8-9-14(17)13(11-12)16(2,3)10-6-5-7-15(18)19/h8-9,11,17H,4-7,10H2,1-3H3,(H,18,19). The number of aromatic hydroxyl groups is 1. The molecule has 106 valence electrons. The van der Waals surface area contributed by atoms with Gasteiger partial charge in [0.1, 0.15) is 5.75 Å². The predicted octanol–water partition coefficient (Wildman–Crippen LogP) is 3.88. The van der Waals surface area contributed by atoms with E-state index in [9.17, 15) is 9.90 Å². The van der Waals surface area contributed by atoms with E-state index in [1.807, 2.05) is 6.07 Å². The van der Waals surface area contributed by atoms with Gasteiger partial charge in [-0.2, -0.15) is 0 Å². The number of phenolic OH excluding ortho intramolecular Hbond substituents is 1. The lowest BCUT2D eigenvalue weighted by Crippen LogP contribution is -2.17. The van der Waals surface area contributed by atoms with Crippen molar-refractivity contribution in [1.29, 1.82) is 0 Å².